The fourth-order valence-electron chi connectivity index (χ4n) is 2.42. The van der Waals surface area contributed by atoms with Crippen molar-refractivity contribution in [1.29, 1.82) is 0 Å². The maximum absolute atomic E-state index is 13.9. The van der Waals surface area contributed by atoms with Gasteiger partial charge < -0.3 is 4.57 Å². The van der Waals surface area contributed by atoms with Crippen molar-refractivity contribution in [3.05, 3.63) is 46.2 Å². The predicted octanol–water partition coefficient (Wildman–Crippen LogP) is 4.60. The quantitative estimate of drug-likeness (QED) is 0.438. The lowest BCUT2D eigenvalue weighted by atomic mass is 9.99. The fraction of sp³-hybridized carbons (Fsp3) is 0.429. The number of nitrogens with zero attached hydrogens (tertiary/aromatic N) is 4. The lowest BCUT2D eigenvalue weighted by Crippen LogP contribution is -2.08. The van der Waals surface area contributed by atoms with Gasteiger partial charge in [-0.3, -0.25) is 0 Å². The second-order valence-electron chi connectivity index (χ2n) is 5.07. The van der Waals surface area contributed by atoms with Crippen LogP contribution < -0.4 is 0 Å². The van der Waals surface area contributed by atoms with Crippen molar-refractivity contribution in [1.82, 2.24) is 4.57 Å². The highest BCUT2D eigenvalue weighted by Crippen LogP contribution is 2.29. The average molecular weight is 260 g/mol. The first-order chi connectivity index (χ1) is 9.04. The first-order valence-electron chi connectivity index (χ1n) is 6.36. The molecule has 0 fully saturated rings. The van der Waals surface area contributed by atoms with Crippen LogP contribution in [-0.2, 0) is 6.54 Å². The van der Waals surface area contributed by atoms with Crippen molar-refractivity contribution in [2.24, 2.45) is 5.11 Å². The number of halogens is 1. The lowest BCUT2D eigenvalue weighted by Gasteiger charge is -2.11. The SMILES string of the molecule is CC(C)c1c(F)ccc2c1ccn2C[C@H](C)N=[N+]=[N-]. The Balaban J connectivity index is 2.50. The molecule has 2 aromatic rings. The van der Waals surface area contributed by atoms with E-state index in [1.54, 1.807) is 6.07 Å². The Morgan fingerprint density at radius 2 is 2.05 bits per heavy atom. The van der Waals surface area contributed by atoms with E-state index in [1.807, 2.05) is 37.6 Å². The molecule has 100 valence electrons. The van der Waals surface area contributed by atoms with Crippen LogP contribution in [0.15, 0.2) is 29.5 Å². The molecule has 0 saturated heterocycles. The van der Waals surface area contributed by atoms with Gasteiger partial charge in [0.2, 0.25) is 0 Å². The van der Waals surface area contributed by atoms with E-state index in [9.17, 15) is 4.39 Å². The fourth-order valence-corrected chi connectivity index (χ4v) is 2.42. The minimum absolute atomic E-state index is 0.131. The Morgan fingerprint density at radius 3 is 2.68 bits per heavy atom. The number of azide groups is 1. The predicted molar refractivity (Wildman–Crippen MR) is 74.6 cm³/mol. The number of fused-ring (bicyclic) bond motifs is 1. The van der Waals surface area contributed by atoms with Crippen LogP contribution in [0.5, 0.6) is 0 Å². The third-order valence-electron chi connectivity index (χ3n) is 3.23. The van der Waals surface area contributed by atoms with Gasteiger partial charge in [0.05, 0.1) is 6.04 Å². The van der Waals surface area contributed by atoms with Gasteiger partial charge in [-0.05, 0) is 35.2 Å². The van der Waals surface area contributed by atoms with Gasteiger partial charge in [-0.25, -0.2) is 4.39 Å². The van der Waals surface area contributed by atoms with E-state index >= 15 is 0 Å². The van der Waals surface area contributed by atoms with Crippen LogP contribution in [0.4, 0.5) is 4.39 Å². The standard InChI is InChI=1S/C14H17FN4/c1-9(2)14-11-6-7-19(8-10(3)17-18-16)13(11)5-4-12(14)15/h4-7,9-10H,8H2,1-3H3/t10-/m0/s1. The van der Waals surface area contributed by atoms with E-state index in [4.69, 9.17) is 5.53 Å². The normalized spacial score (nSPS) is 12.7. The molecule has 0 aliphatic carbocycles. The summed E-state index contributed by atoms with van der Waals surface area (Å²) in [6.07, 6.45) is 1.92. The van der Waals surface area contributed by atoms with E-state index in [1.165, 1.54) is 6.07 Å². The highest BCUT2D eigenvalue weighted by molar-refractivity contribution is 5.84. The van der Waals surface area contributed by atoms with Crippen LogP contribution in [0.2, 0.25) is 0 Å². The lowest BCUT2D eigenvalue weighted by molar-refractivity contribution is 0.596. The van der Waals surface area contributed by atoms with Crippen molar-refractivity contribution in [3.8, 4) is 0 Å². The molecule has 0 aliphatic rings. The Kier molecular flexibility index (Phi) is 3.76. The number of hydrogen-bond donors (Lipinski definition) is 0. The van der Waals surface area contributed by atoms with E-state index in [2.05, 4.69) is 10.0 Å². The van der Waals surface area contributed by atoms with Crippen LogP contribution in [0, 0.1) is 5.82 Å². The second kappa shape index (κ2) is 5.33. The summed E-state index contributed by atoms with van der Waals surface area (Å²) in [5, 5.41) is 4.60. The largest absolute Gasteiger partial charge is 0.347 e. The number of hydrogen-bond acceptors (Lipinski definition) is 1. The molecule has 0 radical (unpaired) electrons. The monoisotopic (exact) mass is 260 g/mol. The van der Waals surface area contributed by atoms with Crippen LogP contribution in [-0.4, -0.2) is 10.6 Å². The number of aromatic nitrogens is 1. The zero-order valence-electron chi connectivity index (χ0n) is 11.3. The molecule has 2 rings (SSSR count). The molecule has 4 nitrogen and oxygen atoms in total. The molecule has 1 heterocycles. The van der Waals surface area contributed by atoms with Crippen LogP contribution in [0.25, 0.3) is 21.3 Å². The highest BCUT2D eigenvalue weighted by Gasteiger charge is 2.14. The van der Waals surface area contributed by atoms with E-state index in [0.29, 0.717) is 6.54 Å². The molecule has 0 N–H and O–H groups in total. The summed E-state index contributed by atoms with van der Waals surface area (Å²) in [5.41, 5.74) is 10.2. The molecular weight excluding hydrogens is 243 g/mol. The van der Waals surface area contributed by atoms with Crippen LogP contribution in [0.1, 0.15) is 32.3 Å². The first-order valence-corrected chi connectivity index (χ1v) is 6.36. The molecule has 0 unspecified atom stereocenters. The van der Waals surface area contributed by atoms with Crippen molar-refractivity contribution in [2.75, 3.05) is 0 Å². The average Bonchev–Trinajstić information content (AvgIpc) is 2.71. The molecule has 0 amide bonds. The highest BCUT2D eigenvalue weighted by atomic mass is 19.1. The van der Waals surface area contributed by atoms with Gasteiger partial charge in [-0.2, -0.15) is 0 Å². The Morgan fingerprint density at radius 1 is 1.32 bits per heavy atom. The summed E-state index contributed by atoms with van der Waals surface area (Å²) >= 11 is 0. The summed E-state index contributed by atoms with van der Waals surface area (Å²) in [4.78, 5) is 2.81. The van der Waals surface area contributed by atoms with E-state index in [0.717, 1.165) is 16.5 Å². The zero-order chi connectivity index (χ0) is 14.0. The molecule has 5 heteroatoms. The van der Waals surface area contributed by atoms with Gasteiger partial charge in [-0.1, -0.05) is 25.9 Å². The topological polar surface area (TPSA) is 53.7 Å². The maximum atomic E-state index is 13.9. The minimum atomic E-state index is -0.164. The summed E-state index contributed by atoms with van der Waals surface area (Å²) in [6.45, 7) is 6.42. The molecule has 1 aromatic carbocycles. The first kappa shape index (κ1) is 13.4. The van der Waals surface area contributed by atoms with E-state index in [-0.39, 0.29) is 17.8 Å². The zero-order valence-corrected chi connectivity index (χ0v) is 11.3. The summed E-state index contributed by atoms with van der Waals surface area (Å²) in [5.74, 6) is -0.0301. The Labute approximate surface area is 111 Å². The molecule has 0 bridgehead atoms. The minimum Gasteiger partial charge on any atom is -0.347 e. The molecule has 1 aromatic heterocycles. The van der Waals surface area contributed by atoms with Crippen LogP contribution in [0.3, 0.4) is 0 Å². The van der Waals surface area contributed by atoms with Crippen molar-refractivity contribution >= 4 is 10.9 Å². The molecule has 0 saturated carbocycles. The van der Waals surface area contributed by atoms with Gasteiger partial charge in [0.25, 0.3) is 0 Å². The number of rotatable bonds is 4. The van der Waals surface area contributed by atoms with Gasteiger partial charge in [0.1, 0.15) is 5.82 Å². The molecule has 0 spiro atoms. The molecular formula is C14H17FN4. The molecule has 19 heavy (non-hydrogen) atoms. The van der Waals surface area contributed by atoms with E-state index < -0.39 is 0 Å². The summed E-state index contributed by atoms with van der Waals surface area (Å²) in [7, 11) is 0. The van der Waals surface area contributed by atoms with Gasteiger partial charge in [0, 0.05) is 28.6 Å². The van der Waals surface area contributed by atoms with Gasteiger partial charge >= 0.3 is 0 Å². The van der Waals surface area contributed by atoms with Gasteiger partial charge in [-0.15, -0.1) is 0 Å². The summed E-state index contributed by atoms with van der Waals surface area (Å²) in [6, 6.07) is 5.08. The van der Waals surface area contributed by atoms with Gasteiger partial charge in [0.15, 0.2) is 0 Å². The van der Waals surface area contributed by atoms with Crippen LogP contribution >= 0.6 is 0 Å². The molecule has 0 aliphatic heterocycles. The Hall–Kier alpha value is -2.00. The third kappa shape index (κ3) is 2.56. The third-order valence-corrected chi connectivity index (χ3v) is 3.23. The molecule has 1 atom stereocenters. The maximum Gasteiger partial charge on any atom is 0.127 e. The number of benzene rings is 1. The van der Waals surface area contributed by atoms with Crippen molar-refractivity contribution < 1.29 is 4.39 Å². The second-order valence-corrected chi connectivity index (χ2v) is 5.07. The summed E-state index contributed by atoms with van der Waals surface area (Å²) < 4.78 is 15.9. The van der Waals surface area contributed by atoms with Crippen molar-refractivity contribution in [2.45, 2.75) is 39.3 Å². The Bertz CT molecular complexity index is 638. The smallest absolute Gasteiger partial charge is 0.127 e. The van der Waals surface area contributed by atoms with Crippen molar-refractivity contribution in [3.63, 3.8) is 0 Å².